The number of halogens is 3. The van der Waals surface area contributed by atoms with E-state index in [0.717, 1.165) is 6.20 Å². The predicted octanol–water partition coefficient (Wildman–Crippen LogP) is 0.859. The first-order valence-electron chi connectivity index (χ1n) is 6.51. The van der Waals surface area contributed by atoms with Gasteiger partial charge in [0.2, 0.25) is 0 Å². The summed E-state index contributed by atoms with van der Waals surface area (Å²) >= 11 is 0. The molecule has 7 nitrogen and oxygen atoms in total. The second-order valence-corrected chi connectivity index (χ2v) is 4.81. The molecule has 2 rings (SSSR count). The van der Waals surface area contributed by atoms with Crippen LogP contribution in [-0.4, -0.2) is 47.1 Å². The molecule has 0 radical (unpaired) electrons. The van der Waals surface area contributed by atoms with Crippen molar-refractivity contribution in [1.82, 2.24) is 10.2 Å². The Hall–Kier alpha value is -2.10. The molecule has 0 amide bonds. The minimum Gasteiger partial charge on any atom is -0.481 e. The first kappa shape index (κ1) is 16.3. The number of carbonyl (C=O) groups is 1. The number of rotatable bonds is 6. The van der Waals surface area contributed by atoms with Crippen molar-refractivity contribution in [2.75, 3.05) is 24.7 Å². The van der Waals surface area contributed by atoms with Crippen molar-refractivity contribution in [3.8, 4) is 0 Å². The van der Waals surface area contributed by atoms with Gasteiger partial charge >= 0.3 is 12.1 Å². The lowest BCUT2D eigenvalue weighted by Gasteiger charge is -2.43. The fourth-order valence-corrected chi connectivity index (χ4v) is 2.19. The Labute approximate surface area is 122 Å². The van der Waals surface area contributed by atoms with Gasteiger partial charge in [-0.2, -0.15) is 18.3 Å². The third-order valence-corrected chi connectivity index (χ3v) is 3.34. The van der Waals surface area contributed by atoms with Gasteiger partial charge in [-0.25, -0.2) is 5.10 Å². The average Bonchev–Trinajstić information content (AvgIpc) is 2.35. The number of nitrogens with one attached hydrogen (secondary N) is 1. The maximum absolute atomic E-state index is 13.0. The molecule has 10 heteroatoms. The van der Waals surface area contributed by atoms with Crippen molar-refractivity contribution in [3.63, 3.8) is 0 Å². The summed E-state index contributed by atoms with van der Waals surface area (Å²) in [5.41, 5.74) is -2.85. The summed E-state index contributed by atoms with van der Waals surface area (Å²) in [6.07, 6.45) is -3.39. The van der Waals surface area contributed by atoms with Gasteiger partial charge in [-0.15, -0.1) is 0 Å². The summed E-state index contributed by atoms with van der Waals surface area (Å²) in [5, 5.41) is 13.7. The Morgan fingerprint density at radius 2 is 2.27 bits per heavy atom. The van der Waals surface area contributed by atoms with Crippen molar-refractivity contribution < 1.29 is 27.8 Å². The highest BCUT2D eigenvalue weighted by atomic mass is 19.4. The smallest absolute Gasteiger partial charge is 0.423 e. The average molecular weight is 321 g/mol. The van der Waals surface area contributed by atoms with Gasteiger partial charge < -0.3 is 14.7 Å². The first-order chi connectivity index (χ1) is 10.3. The summed E-state index contributed by atoms with van der Waals surface area (Å²) < 4.78 is 44.1. The zero-order valence-electron chi connectivity index (χ0n) is 11.4. The van der Waals surface area contributed by atoms with Crippen molar-refractivity contribution >= 4 is 11.7 Å². The molecule has 122 valence electrons. The van der Waals surface area contributed by atoms with E-state index in [9.17, 15) is 22.8 Å². The molecule has 1 fully saturated rings. The van der Waals surface area contributed by atoms with Crippen LogP contribution < -0.4 is 10.5 Å². The van der Waals surface area contributed by atoms with E-state index in [4.69, 9.17) is 9.84 Å². The molecule has 0 saturated carbocycles. The monoisotopic (exact) mass is 321 g/mol. The number of H-pyrrole nitrogens is 1. The number of hydrogen-bond acceptors (Lipinski definition) is 5. The number of aromatic nitrogens is 2. The molecular formula is C12H14F3N3O4. The first-order valence-corrected chi connectivity index (χ1v) is 6.51. The van der Waals surface area contributed by atoms with Crippen molar-refractivity contribution in [3.05, 3.63) is 22.1 Å². The fourth-order valence-electron chi connectivity index (χ4n) is 2.19. The lowest BCUT2D eigenvalue weighted by molar-refractivity contribution is -0.139. The number of nitrogens with zero attached hydrogens (tertiary/aromatic N) is 2. The van der Waals surface area contributed by atoms with E-state index < -0.39 is 23.3 Å². The number of carboxylic acids is 1. The molecule has 1 aromatic heterocycles. The normalized spacial score (nSPS) is 18.1. The van der Waals surface area contributed by atoms with E-state index in [2.05, 4.69) is 5.10 Å². The third-order valence-electron chi connectivity index (χ3n) is 3.34. The molecule has 0 spiro atoms. The summed E-state index contributed by atoms with van der Waals surface area (Å²) in [4.78, 5) is 23.2. The number of carboxylic acid groups (broad SMARTS) is 1. The number of aliphatic carboxylic acids is 1. The van der Waals surface area contributed by atoms with E-state index in [-0.39, 0.29) is 31.4 Å². The topological polar surface area (TPSA) is 95.5 Å². The van der Waals surface area contributed by atoms with E-state index in [1.165, 1.54) is 4.90 Å². The Morgan fingerprint density at radius 1 is 1.55 bits per heavy atom. The minimum absolute atomic E-state index is 0.0145. The maximum atomic E-state index is 13.0. The van der Waals surface area contributed by atoms with Crippen LogP contribution >= 0.6 is 0 Å². The molecular weight excluding hydrogens is 307 g/mol. The van der Waals surface area contributed by atoms with Crippen LogP contribution in [0.2, 0.25) is 0 Å². The summed E-state index contributed by atoms with van der Waals surface area (Å²) in [6.45, 7) is 0.429. The minimum atomic E-state index is -4.78. The highest BCUT2D eigenvalue weighted by molar-refractivity contribution is 5.66. The standard InChI is InChI=1S/C12H14F3N3O4/c13-12(14,15)10-8(5-16-17-11(10)21)18-3-1-7(18)6-22-4-2-9(19)20/h5,7H,1-4,6H2,(H,17,21)(H,19,20). The number of anilines is 1. The van der Waals surface area contributed by atoms with Crippen molar-refractivity contribution in [2.24, 2.45) is 0 Å². The molecule has 0 aromatic carbocycles. The number of aromatic amines is 1. The zero-order valence-corrected chi connectivity index (χ0v) is 11.4. The zero-order chi connectivity index (χ0) is 16.3. The molecule has 1 aliphatic heterocycles. The lowest BCUT2D eigenvalue weighted by atomic mass is 10.0. The van der Waals surface area contributed by atoms with Gasteiger partial charge in [-0.1, -0.05) is 0 Å². The molecule has 2 N–H and O–H groups in total. The highest BCUT2D eigenvalue weighted by Gasteiger charge is 2.41. The summed E-state index contributed by atoms with van der Waals surface area (Å²) in [5.74, 6) is -1.01. The van der Waals surface area contributed by atoms with E-state index in [1.807, 2.05) is 0 Å². The van der Waals surface area contributed by atoms with E-state index >= 15 is 0 Å². The highest BCUT2D eigenvalue weighted by Crippen LogP contribution is 2.36. The van der Waals surface area contributed by atoms with Crippen LogP contribution in [0.4, 0.5) is 18.9 Å². The molecule has 22 heavy (non-hydrogen) atoms. The van der Waals surface area contributed by atoms with Gasteiger partial charge in [-0.3, -0.25) is 9.59 Å². The third kappa shape index (κ3) is 3.56. The number of hydrogen-bond donors (Lipinski definition) is 2. The molecule has 0 aliphatic carbocycles. The summed E-state index contributed by atoms with van der Waals surface area (Å²) in [7, 11) is 0. The Balaban J connectivity index is 2.08. The number of alkyl halides is 3. The largest absolute Gasteiger partial charge is 0.481 e. The van der Waals surface area contributed by atoms with Gasteiger partial charge in [0, 0.05) is 6.54 Å². The molecule has 2 heterocycles. The van der Waals surface area contributed by atoms with Crippen LogP contribution in [0.5, 0.6) is 0 Å². The SMILES string of the molecule is O=C(O)CCOCC1CCN1c1cn[nH]c(=O)c1C(F)(F)F. The molecule has 1 unspecified atom stereocenters. The molecule has 1 aromatic rings. The van der Waals surface area contributed by atoms with Crippen LogP contribution in [0.25, 0.3) is 0 Å². The van der Waals surface area contributed by atoms with Crippen LogP contribution in [0.3, 0.4) is 0 Å². The Bertz CT molecular complexity index is 602. The van der Waals surface area contributed by atoms with Gasteiger partial charge in [0.1, 0.15) is 5.56 Å². The lowest BCUT2D eigenvalue weighted by Crippen LogP contribution is -2.52. The summed E-state index contributed by atoms with van der Waals surface area (Å²) in [6, 6.07) is -0.335. The van der Waals surface area contributed by atoms with Gasteiger partial charge in [0.05, 0.1) is 37.6 Å². The molecule has 1 saturated heterocycles. The van der Waals surface area contributed by atoms with Crippen LogP contribution in [-0.2, 0) is 15.7 Å². The van der Waals surface area contributed by atoms with Crippen LogP contribution in [0.1, 0.15) is 18.4 Å². The van der Waals surface area contributed by atoms with Crippen molar-refractivity contribution in [1.29, 1.82) is 0 Å². The number of ether oxygens (including phenoxy) is 1. The predicted molar refractivity (Wildman–Crippen MR) is 68.7 cm³/mol. The van der Waals surface area contributed by atoms with E-state index in [1.54, 1.807) is 5.10 Å². The van der Waals surface area contributed by atoms with Crippen LogP contribution in [0.15, 0.2) is 11.0 Å². The second-order valence-electron chi connectivity index (χ2n) is 4.81. The Morgan fingerprint density at radius 3 is 2.82 bits per heavy atom. The Kier molecular flexibility index (Phi) is 4.69. The van der Waals surface area contributed by atoms with Gasteiger partial charge in [0.15, 0.2) is 0 Å². The van der Waals surface area contributed by atoms with E-state index in [0.29, 0.717) is 13.0 Å². The van der Waals surface area contributed by atoms with Crippen LogP contribution in [0, 0.1) is 0 Å². The second kappa shape index (κ2) is 6.34. The molecule has 1 atom stereocenters. The maximum Gasteiger partial charge on any atom is 0.423 e. The molecule has 1 aliphatic rings. The van der Waals surface area contributed by atoms with Crippen molar-refractivity contribution in [2.45, 2.75) is 25.1 Å². The van der Waals surface area contributed by atoms with Gasteiger partial charge in [0.25, 0.3) is 5.56 Å². The quantitative estimate of drug-likeness (QED) is 0.755. The molecule has 0 bridgehead atoms. The van der Waals surface area contributed by atoms with Gasteiger partial charge in [-0.05, 0) is 6.42 Å². The fraction of sp³-hybridized carbons (Fsp3) is 0.583.